The number of hydrogen-bond donors (Lipinski definition) is 1. The summed E-state index contributed by atoms with van der Waals surface area (Å²) in [5.74, 6) is 0. The maximum absolute atomic E-state index is 9.00. The van der Waals surface area contributed by atoms with E-state index in [9.17, 15) is 0 Å². The minimum atomic E-state index is 0.0806. The Bertz CT molecular complexity index is 659. The smallest absolute Gasteiger partial charge is 0.167 e. The van der Waals surface area contributed by atoms with Gasteiger partial charge in [0, 0.05) is 18.4 Å². The molecule has 0 fully saturated rings. The van der Waals surface area contributed by atoms with Gasteiger partial charge in [-0.25, -0.2) is 0 Å². The molecule has 0 unspecified atom stereocenters. The van der Waals surface area contributed by atoms with E-state index in [0.29, 0.717) is 6.42 Å². The van der Waals surface area contributed by atoms with Gasteiger partial charge in [-0.2, -0.15) is 0 Å². The summed E-state index contributed by atoms with van der Waals surface area (Å²) in [6, 6.07) is 16.2. The standard InChI is InChI=1S/C15H13NO2/c17-9-8-14-13-10-12(6-7-15(13)18-16-14)11-4-2-1-3-5-11/h1-7,10,17H,8-9H2. The second-order valence-electron chi connectivity index (χ2n) is 4.18. The lowest BCUT2D eigenvalue weighted by Gasteiger charge is -2.01. The number of aliphatic hydroxyl groups excluding tert-OH is 1. The van der Waals surface area contributed by atoms with Crippen LogP contribution < -0.4 is 0 Å². The second kappa shape index (κ2) is 4.63. The van der Waals surface area contributed by atoms with Crippen LogP contribution in [0, 0.1) is 0 Å². The third-order valence-corrected chi connectivity index (χ3v) is 3.00. The van der Waals surface area contributed by atoms with E-state index in [2.05, 4.69) is 23.4 Å². The highest BCUT2D eigenvalue weighted by molar-refractivity contribution is 5.85. The van der Waals surface area contributed by atoms with Gasteiger partial charge in [0.1, 0.15) is 0 Å². The number of fused-ring (bicyclic) bond motifs is 1. The van der Waals surface area contributed by atoms with Crippen molar-refractivity contribution in [1.29, 1.82) is 0 Å². The Labute approximate surface area is 105 Å². The first-order chi connectivity index (χ1) is 8.88. The first kappa shape index (κ1) is 11.0. The fourth-order valence-corrected chi connectivity index (χ4v) is 2.08. The zero-order chi connectivity index (χ0) is 12.4. The molecular formula is C15H13NO2. The van der Waals surface area contributed by atoms with E-state index in [1.807, 2.05) is 30.3 Å². The number of benzene rings is 2. The van der Waals surface area contributed by atoms with Gasteiger partial charge in [-0.3, -0.25) is 0 Å². The minimum Gasteiger partial charge on any atom is -0.396 e. The highest BCUT2D eigenvalue weighted by Gasteiger charge is 2.08. The maximum atomic E-state index is 9.00. The Morgan fingerprint density at radius 2 is 1.83 bits per heavy atom. The summed E-state index contributed by atoms with van der Waals surface area (Å²) in [6.07, 6.45) is 0.519. The molecule has 3 nitrogen and oxygen atoms in total. The summed E-state index contributed by atoms with van der Waals surface area (Å²) in [6.45, 7) is 0.0806. The monoisotopic (exact) mass is 239 g/mol. The van der Waals surface area contributed by atoms with Crippen LogP contribution in [0.4, 0.5) is 0 Å². The van der Waals surface area contributed by atoms with E-state index in [1.54, 1.807) is 0 Å². The summed E-state index contributed by atoms with van der Waals surface area (Å²) < 4.78 is 5.23. The normalized spacial score (nSPS) is 10.9. The molecule has 3 aromatic rings. The van der Waals surface area contributed by atoms with Crippen molar-refractivity contribution in [3.05, 3.63) is 54.2 Å². The molecule has 0 atom stereocenters. The topological polar surface area (TPSA) is 46.3 Å². The lowest BCUT2D eigenvalue weighted by Crippen LogP contribution is -1.90. The molecule has 0 saturated heterocycles. The maximum Gasteiger partial charge on any atom is 0.167 e. The molecule has 2 aromatic carbocycles. The lowest BCUT2D eigenvalue weighted by atomic mass is 10.0. The molecule has 3 rings (SSSR count). The lowest BCUT2D eigenvalue weighted by molar-refractivity contribution is 0.295. The Morgan fingerprint density at radius 3 is 2.61 bits per heavy atom. The van der Waals surface area contributed by atoms with Crippen molar-refractivity contribution in [2.75, 3.05) is 6.61 Å². The van der Waals surface area contributed by atoms with Crippen molar-refractivity contribution in [2.45, 2.75) is 6.42 Å². The second-order valence-corrected chi connectivity index (χ2v) is 4.18. The third kappa shape index (κ3) is 1.89. The van der Waals surface area contributed by atoms with Crippen LogP contribution in [-0.4, -0.2) is 16.9 Å². The fourth-order valence-electron chi connectivity index (χ4n) is 2.08. The van der Waals surface area contributed by atoms with Gasteiger partial charge in [-0.1, -0.05) is 41.6 Å². The molecule has 90 valence electrons. The Balaban J connectivity index is 2.12. The quantitative estimate of drug-likeness (QED) is 0.764. The summed E-state index contributed by atoms with van der Waals surface area (Å²) >= 11 is 0. The molecule has 0 aliphatic carbocycles. The number of rotatable bonds is 3. The first-order valence-electron chi connectivity index (χ1n) is 5.93. The number of aliphatic hydroxyl groups is 1. The van der Waals surface area contributed by atoms with Crippen LogP contribution in [0.3, 0.4) is 0 Å². The largest absolute Gasteiger partial charge is 0.396 e. The van der Waals surface area contributed by atoms with Crippen LogP contribution in [0.15, 0.2) is 53.1 Å². The average molecular weight is 239 g/mol. The molecule has 1 aromatic heterocycles. The SMILES string of the molecule is OCCc1noc2ccc(-c3ccccc3)cc12. The first-order valence-corrected chi connectivity index (χ1v) is 5.93. The third-order valence-electron chi connectivity index (χ3n) is 3.00. The van der Waals surface area contributed by atoms with Gasteiger partial charge in [0.2, 0.25) is 0 Å². The Morgan fingerprint density at radius 1 is 1.00 bits per heavy atom. The minimum absolute atomic E-state index is 0.0806. The van der Waals surface area contributed by atoms with E-state index in [1.165, 1.54) is 0 Å². The molecule has 1 heterocycles. The van der Waals surface area contributed by atoms with Gasteiger partial charge in [0.15, 0.2) is 5.58 Å². The fraction of sp³-hybridized carbons (Fsp3) is 0.133. The van der Waals surface area contributed by atoms with E-state index in [4.69, 9.17) is 9.63 Å². The van der Waals surface area contributed by atoms with E-state index < -0.39 is 0 Å². The van der Waals surface area contributed by atoms with Crippen LogP contribution in [-0.2, 0) is 6.42 Å². The predicted molar refractivity (Wildman–Crippen MR) is 70.2 cm³/mol. The van der Waals surface area contributed by atoms with Crippen molar-refractivity contribution >= 4 is 11.0 Å². The van der Waals surface area contributed by atoms with Crippen molar-refractivity contribution in [3.63, 3.8) is 0 Å². The van der Waals surface area contributed by atoms with Gasteiger partial charge in [0.05, 0.1) is 5.69 Å². The molecule has 0 radical (unpaired) electrons. The molecule has 0 spiro atoms. The van der Waals surface area contributed by atoms with Crippen molar-refractivity contribution in [1.82, 2.24) is 5.16 Å². The molecule has 18 heavy (non-hydrogen) atoms. The zero-order valence-corrected chi connectivity index (χ0v) is 9.84. The van der Waals surface area contributed by atoms with Gasteiger partial charge in [-0.15, -0.1) is 0 Å². The van der Waals surface area contributed by atoms with Crippen LogP contribution in [0.2, 0.25) is 0 Å². The van der Waals surface area contributed by atoms with E-state index >= 15 is 0 Å². The van der Waals surface area contributed by atoms with E-state index in [-0.39, 0.29) is 6.61 Å². The Kier molecular flexibility index (Phi) is 2.82. The summed E-state index contributed by atoms with van der Waals surface area (Å²) in [7, 11) is 0. The highest BCUT2D eigenvalue weighted by atomic mass is 16.5. The molecular weight excluding hydrogens is 226 g/mol. The van der Waals surface area contributed by atoms with Crippen molar-refractivity contribution in [3.8, 4) is 11.1 Å². The van der Waals surface area contributed by atoms with Gasteiger partial charge < -0.3 is 9.63 Å². The zero-order valence-electron chi connectivity index (χ0n) is 9.84. The summed E-state index contributed by atoms with van der Waals surface area (Å²) in [5, 5.41) is 14.0. The molecule has 0 aliphatic rings. The predicted octanol–water partition coefficient (Wildman–Crippen LogP) is 3.03. The van der Waals surface area contributed by atoms with Crippen molar-refractivity contribution < 1.29 is 9.63 Å². The number of nitrogens with zero attached hydrogens (tertiary/aromatic N) is 1. The Hall–Kier alpha value is -2.13. The molecule has 3 heteroatoms. The molecule has 0 aliphatic heterocycles. The van der Waals surface area contributed by atoms with Crippen LogP contribution >= 0.6 is 0 Å². The molecule has 0 amide bonds. The van der Waals surface area contributed by atoms with Gasteiger partial charge >= 0.3 is 0 Å². The van der Waals surface area contributed by atoms with Gasteiger partial charge in [-0.05, 0) is 23.3 Å². The van der Waals surface area contributed by atoms with Crippen LogP contribution in [0.1, 0.15) is 5.69 Å². The summed E-state index contributed by atoms with van der Waals surface area (Å²) in [4.78, 5) is 0. The van der Waals surface area contributed by atoms with E-state index in [0.717, 1.165) is 27.8 Å². The van der Waals surface area contributed by atoms with Crippen molar-refractivity contribution in [2.24, 2.45) is 0 Å². The molecule has 0 bridgehead atoms. The molecule has 1 N–H and O–H groups in total. The molecule has 0 saturated carbocycles. The highest BCUT2D eigenvalue weighted by Crippen LogP contribution is 2.26. The summed E-state index contributed by atoms with van der Waals surface area (Å²) in [5.41, 5.74) is 3.87. The van der Waals surface area contributed by atoms with Gasteiger partial charge in [0.25, 0.3) is 0 Å². The number of hydrogen-bond acceptors (Lipinski definition) is 3. The van der Waals surface area contributed by atoms with Crippen LogP contribution in [0.25, 0.3) is 22.1 Å². The number of aromatic nitrogens is 1. The van der Waals surface area contributed by atoms with Crippen LogP contribution in [0.5, 0.6) is 0 Å². The average Bonchev–Trinajstić information content (AvgIpc) is 2.83.